The lowest BCUT2D eigenvalue weighted by Gasteiger charge is -2.38. The van der Waals surface area contributed by atoms with Crippen LogP contribution >= 0.6 is 0 Å². The normalized spacial score (nSPS) is 20.5. The van der Waals surface area contributed by atoms with Crippen molar-refractivity contribution >= 4 is 0 Å². The largest absolute Gasteiger partial charge is 0.507 e. The fourth-order valence-electron chi connectivity index (χ4n) is 5.14. The highest BCUT2D eigenvalue weighted by molar-refractivity contribution is 5.58. The van der Waals surface area contributed by atoms with E-state index in [-0.39, 0.29) is 5.60 Å². The molecule has 1 aromatic carbocycles. The topological polar surface area (TPSA) is 29.5 Å². The lowest BCUT2D eigenvalue weighted by Crippen LogP contribution is -2.37. The maximum Gasteiger partial charge on any atom is 0.127 e. The van der Waals surface area contributed by atoms with Gasteiger partial charge in [-0.25, -0.2) is 0 Å². The first-order valence-corrected chi connectivity index (χ1v) is 12.7. The van der Waals surface area contributed by atoms with Gasteiger partial charge in [0.25, 0.3) is 0 Å². The minimum atomic E-state index is -0.0683. The first kappa shape index (κ1) is 25.1. The van der Waals surface area contributed by atoms with Crippen LogP contribution in [-0.2, 0) is 6.42 Å². The molecule has 0 saturated heterocycles. The number of fused-ring (bicyclic) bond motifs is 1. The molecule has 0 bridgehead atoms. The summed E-state index contributed by atoms with van der Waals surface area (Å²) in [6, 6.07) is 0. The highest BCUT2D eigenvalue weighted by Gasteiger charge is 2.34. The number of ether oxygens (including phenoxy) is 1. The summed E-state index contributed by atoms with van der Waals surface area (Å²) in [6.45, 7) is 15.6. The van der Waals surface area contributed by atoms with Gasteiger partial charge in [0.1, 0.15) is 17.1 Å². The summed E-state index contributed by atoms with van der Waals surface area (Å²) >= 11 is 0. The lowest BCUT2D eigenvalue weighted by molar-refractivity contribution is 0.0512. The zero-order valence-corrected chi connectivity index (χ0v) is 21.0. The second-order valence-electron chi connectivity index (χ2n) is 10.6. The molecule has 1 aliphatic heterocycles. The molecule has 0 fully saturated rings. The van der Waals surface area contributed by atoms with Gasteiger partial charge >= 0.3 is 0 Å². The number of hydrogen-bond donors (Lipinski definition) is 1. The third-order valence-electron chi connectivity index (χ3n) is 7.69. The van der Waals surface area contributed by atoms with E-state index in [0.29, 0.717) is 5.75 Å². The molecule has 2 rings (SSSR count). The second-order valence-corrected chi connectivity index (χ2v) is 10.6. The Kier molecular flexibility index (Phi) is 9.57. The van der Waals surface area contributed by atoms with Gasteiger partial charge in [-0.1, -0.05) is 72.1 Å². The minimum Gasteiger partial charge on any atom is -0.507 e. The first-order valence-electron chi connectivity index (χ1n) is 12.7. The summed E-state index contributed by atoms with van der Waals surface area (Å²) in [4.78, 5) is 0. The molecule has 30 heavy (non-hydrogen) atoms. The summed E-state index contributed by atoms with van der Waals surface area (Å²) < 4.78 is 6.60. The number of rotatable bonds is 12. The Labute approximate surface area is 186 Å². The molecular formula is C28H48O2. The first-order chi connectivity index (χ1) is 14.2. The number of phenols is 1. The zero-order valence-electron chi connectivity index (χ0n) is 21.0. The highest BCUT2D eigenvalue weighted by Crippen LogP contribution is 2.44. The molecule has 0 aromatic heterocycles. The Morgan fingerprint density at radius 2 is 1.47 bits per heavy atom. The molecule has 3 atom stereocenters. The standard InChI is InChI=1S/C28H48O2/c1-8-9-10-13-20(2)14-11-15-21(3)16-12-18-28(7)19-17-25-24(6)26(29)22(4)23(5)27(25)30-28/h20-21,29H,8-19H2,1-7H3. The molecule has 0 radical (unpaired) electrons. The molecule has 0 amide bonds. The van der Waals surface area contributed by atoms with Gasteiger partial charge in [-0.3, -0.25) is 0 Å². The maximum atomic E-state index is 10.4. The van der Waals surface area contributed by atoms with Crippen LogP contribution in [0.1, 0.15) is 121 Å². The molecule has 2 nitrogen and oxygen atoms in total. The molecular weight excluding hydrogens is 368 g/mol. The van der Waals surface area contributed by atoms with Gasteiger partial charge < -0.3 is 9.84 Å². The van der Waals surface area contributed by atoms with Crippen LogP contribution in [0, 0.1) is 32.6 Å². The molecule has 3 unspecified atom stereocenters. The van der Waals surface area contributed by atoms with Crippen LogP contribution in [0.5, 0.6) is 11.5 Å². The van der Waals surface area contributed by atoms with E-state index in [1.807, 2.05) is 13.8 Å². The average Bonchev–Trinajstić information content (AvgIpc) is 2.70. The van der Waals surface area contributed by atoms with Crippen LogP contribution in [0.15, 0.2) is 0 Å². The van der Waals surface area contributed by atoms with Gasteiger partial charge in [0.05, 0.1) is 0 Å². The smallest absolute Gasteiger partial charge is 0.127 e. The third-order valence-corrected chi connectivity index (χ3v) is 7.69. The van der Waals surface area contributed by atoms with E-state index in [2.05, 4.69) is 34.6 Å². The lowest BCUT2D eigenvalue weighted by atomic mass is 9.84. The zero-order chi connectivity index (χ0) is 22.3. The highest BCUT2D eigenvalue weighted by atomic mass is 16.5. The van der Waals surface area contributed by atoms with Crippen molar-refractivity contribution in [1.29, 1.82) is 0 Å². The quantitative estimate of drug-likeness (QED) is 0.346. The number of phenolic OH excluding ortho intramolecular Hbond substituents is 1. The van der Waals surface area contributed by atoms with Crippen molar-refractivity contribution < 1.29 is 9.84 Å². The Morgan fingerprint density at radius 1 is 0.867 bits per heavy atom. The van der Waals surface area contributed by atoms with Crippen LogP contribution in [0.3, 0.4) is 0 Å². The third kappa shape index (κ3) is 6.66. The van der Waals surface area contributed by atoms with Crippen molar-refractivity contribution in [3.8, 4) is 11.5 Å². The molecule has 1 N–H and O–H groups in total. The van der Waals surface area contributed by atoms with Crippen LogP contribution < -0.4 is 4.74 Å². The SMILES string of the molecule is CCCCCC(C)CCCC(C)CCCC1(C)CCc2c(C)c(O)c(C)c(C)c2O1. The Morgan fingerprint density at radius 3 is 2.10 bits per heavy atom. The fourth-order valence-corrected chi connectivity index (χ4v) is 5.14. The Hall–Kier alpha value is -1.18. The summed E-state index contributed by atoms with van der Waals surface area (Å²) in [5.41, 5.74) is 4.23. The molecule has 0 aliphatic carbocycles. The van der Waals surface area contributed by atoms with Gasteiger partial charge in [0.2, 0.25) is 0 Å². The van der Waals surface area contributed by atoms with E-state index in [4.69, 9.17) is 4.74 Å². The Balaban J connectivity index is 1.76. The van der Waals surface area contributed by atoms with Crippen LogP contribution in [-0.4, -0.2) is 10.7 Å². The average molecular weight is 417 g/mol. The number of unbranched alkanes of at least 4 members (excludes halogenated alkanes) is 2. The van der Waals surface area contributed by atoms with Gasteiger partial charge in [-0.05, 0) is 81.9 Å². The van der Waals surface area contributed by atoms with Crippen molar-refractivity contribution in [2.24, 2.45) is 11.8 Å². The van der Waals surface area contributed by atoms with Crippen molar-refractivity contribution in [3.05, 3.63) is 22.3 Å². The molecule has 172 valence electrons. The number of hydrogen-bond acceptors (Lipinski definition) is 2. The van der Waals surface area contributed by atoms with Gasteiger partial charge in [-0.2, -0.15) is 0 Å². The van der Waals surface area contributed by atoms with Crippen molar-refractivity contribution in [3.63, 3.8) is 0 Å². The van der Waals surface area contributed by atoms with Crippen LogP contribution in [0.25, 0.3) is 0 Å². The molecule has 1 aliphatic rings. The van der Waals surface area contributed by atoms with Crippen LogP contribution in [0.2, 0.25) is 0 Å². The maximum absolute atomic E-state index is 10.4. The fraction of sp³-hybridized carbons (Fsp3) is 0.786. The minimum absolute atomic E-state index is 0.0683. The van der Waals surface area contributed by atoms with Gasteiger partial charge in [0.15, 0.2) is 0 Å². The van der Waals surface area contributed by atoms with Crippen LogP contribution in [0.4, 0.5) is 0 Å². The molecule has 0 saturated carbocycles. The van der Waals surface area contributed by atoms with Crippen molar-refractivity contribution in [2.45, 2.75) is 131 Å². The van der Waals surface area contributed by atoms with E-state index in [0.717, 1.165) is 53.5 Å². The summed E-state index contributed by atoms with van der Waals surface area (Å²) in [5.74, 6) is 3.21. The van der Waals surface area contributed by atoms with E-state index in [1.165, 1.54) is 63.4 Å². The predicted octanol–water partition coefficient (Wildman–Crippen LogP) is 8.59. The van der Waals surface area contributed by atoms with E-state index in [9.17, 15) is 5.11 Å². The molecule has 1 aromatic rings. The summed E-state index contributed by atoms with van der Waals surface area (Å²) in [5, 5.41) is 10.4. The molecule has 2 heteroatoms. The molecule has 1 heterocycles. The summed E-state index contributed by atoms with van der Waals surface area (Å²) in [7, 11) is 0. The van der Waals surface area contributed by atoms with E-state index in [1.54, 1.807) is 0 Å². The number of benzene rings is 1. The van der Waals surface area contributed by atoms with Gasteiger partial charge in [-0.15, -0.1) is 0 Å². The van der Waals surface area contributed by atoms with Crippen molar-refractivity contribution in [1.82, 2.24) is 0 Å². The predicted molar refractivity (Wildman–Crippen MR) is 130 cm³/mol. The monoisotopic (exact) mass is 416 g/mol. The molecule has 0 spiro atoms. The Bertz CT molecular complexity index is 678. The second kappa shape index (κ2) is 11.4. The number of aromatic hydroxyl groups is 1. The van der Waals surface area contributed by atoms with E-state index >= 15 is 0 Å². The van der Waals surface area contributed by atoms with E-state index < -0.39 is 0 Å². The van der Waals surface area contributed by atoms with Gasteiger partial charge in [0, 0.05) is 5.56 Å². The van der Waals surface area contributed by atoms with Crippen molar-refractivity contribution in [2.75, 3.05) is 0 Å². The summed E-state index contributed by atoms with van der Waals surface area (Å²) in [6.07, 6.45) is 15.4.